The van der Waals surface area contributed by atoms with Crippen LogP contribution in [-0.4, -0.2) is 315 Å². The Labute approximate surface area is 774 Å². The van der Waals surface area contributed by atoms with Crippen molar-refractivity contribution in [3.05, 3.63) is 54.3 Å². The summed E-state index contributed by atoms with van der Waals surface area (Å²) in [4.78, 5) is 161. The number of alkyl halides is 9. The van der Waals surface area contributed by atoms with Gasteiger partial charge in [-0.2, -0.15) is 39.5 Å². The lowest BCUT2D eigenvalue weighted by Crippen LogP contribution is -2.66. The molecule has 3 aromatic heterocycles. The van der Waals surface area contributed by atoms with Gasteiger partial charge >= 0.3 is 60.3 Å². The number of anilines is 3. The Balaban J connectivity index is 0.725. The highest BCUT2D eigenvalue weighted by atomic mass is 19.4. The molecule has 8 N–H and O–H groups in total. The number of aromatic nitrogens is 6. The minimum Gasteiger partial charge on any atom is -0.481 e. The SMILES string of the molecule is CC(=O)O[C@@H]1[C@@H](Nc2cncc(C(F)(F)F)n2)[C@H]2OC[C@](COCCCCCCNC(=O)CCOCC(COCCC(=O)NCCCCCCOC[C@@]34CO[C@@H](O3)[C@H](Nc3cncc(C(F)(F)F)n3)[C@@H](OC(C)=O)[C@H]4OC(C)=O)(COCCC(=O)NCCCCCCOC[C@@]34CO[C@@H](O3)[C@H](Nc3cncc(C(F)(F)F)n3)[C@@H](OC(C)=O)[C@H]4OC(C)=O)NC(=O)CCCC(=O)O)(O2)[C@@H]1OC(C)=O. The Bertz CT molecular complexity index is 4050. The van der Waals surface area contributed by atoms with Gasteiger partial charge in [0.15, 0.2) is 89.4 Å². The molecule has 0 aromatic carbocycles. The quantitative estimate of drug-likeness (QED) is 0.0155. The summed E-state index contributed by atoms with van der Waals surface area (Å²) in [5.74, 6) is -8.87. The van der Waals surface area contributed by atoms with Crippen molar-refractivity contribution in [3.8, 4) is 0 Å². The average molecular weight is 1960 g/mol. The fourth-order valence-electron chi connectivity index (χ4n) is 15.7. The number of rotatable bonds is 59. The van der Waals surface area contributed by atoms with Crippen LogP contribution in [0.5, 0.6) is 0 Å². The third kappa shape index (κ3) is 33.8. The van der Waals surface area contributed by atoms with E-state index in [4.69, 9.17) is 85.3 Å². The largest absolute Gasteiger partial charge is 0.481 e. The van der Waals surface area contributed by atoms with Crippen LogP contribution in [0.1, 0.15) is 174 Å². The summed E-state index contributed by atoms with van der Waals surface area (Å²) >= 11 is 0. The van der Waals surface area contributed by atoms with E-state index in [0.717, 1.165) is 60.1 Å². The summed E-state index contributed by atoms with van der Waals surface area (Å²) < 4.78 is 228. The van der Waals surface area contributed by atoms with Crippen molar-refractivity contribution in [2.24, 2.45) is 0 Å². The number of nitrogens with one attached hydrogen (secondary N) is 7. The van der Waals surface area contributed by atoms with Crippen LogP contribution in [0, 0.1) is 0 Å². The lowest BCUT2D eigenvalue weighted by atomic mass is 9.87. The molecule has 6 fully saturated rings. The number of fused-ring (bicyclic) bond motifs is 6. The number of hydrogen-bond donors (Lipinski definition) is 8. The van der Waals surface area contributed by atoms with Crippen molar-refractivity contribution in [1.29, 1.82) is 0 Å². The molecule has 3 aromatic rings. The van der Waals surface area contributed by atoms with Gasteiger partial charge in [0.05, 0.1) is 116 Å². The third-order valence-corrected chi connectivity index (χ3v) is 21.8. The van der Waals surface area contributed by atoms with Crippen molar-refractivity contribution in [3.63, 3.8) is 0 Å². The monoisotopic (exact) mass is 1960 g/mol. The maximum absolute atomic E-state index is 13.7. The number of nitrogens with zero attached hydrogens (tertiary/aromatic N) is 6. The van der Waals surface area contributed by atoms with Crippen LogP contribution in [0.25, 0.3) is 0 Å². The van der Waals surface area contributed by atoms with Crippen molar-refractivity contribution >= 4 is 82.9 Å². The van der Waals surface area contributed by atoms with Gasteiger partial charge in [-0.1, -0.05) is 38.5 Å². The minimum atomic E-state index is -4.84. The Morgan fingerprint density at radius 1 is 0.360 bits per heavy atom. The van der Waals surface area contributed by atoms with Gasteiger partial charge in [0.1, 0.15) is 41.1 Å². The van der Waals surface area contributed by atoms with Crippen LogP contribution in [0.2, 0.25) is 0 Å². The number of carboxylic acids is 1. The molecule has 6 saturated heterocycles. The van der Waals surface area contributed by atoms with E-state index in [1.807, 2.05) is 0 Å². The molecular weight excluding hydrogens is 1840 g/mol. The summed E-state index contributed by atoms with van der Waals surface area (Å²) in [5, 5.41) is 29.0. The maximum Gasteiger partial charge on any atom is 0.434 e. The average Bonchev–Trinajstić information content (AvgIpc) is 1.59. The van der Waals surface area contributed by atoms with E-state index >= 15 is 0 Å². The van der Waals surface area contributed by atoms with Crippen molar-refractivity contribution in [2.75, 3.05) is 135 Å². The van der Waals surface area contributed by atoms with Gasteiger partial charge in [-0.25, -0.2) is 15.0 Å². The predicted molar refractivity (Wildman–Crippen MR) is 443 cm³/mol. The molecule has 52 heteroatoms. The highest BCUT2D eigenvalue weighted by molar-refractivity contribution is 5.78. The van der Waals surface area contributed by atoms with Gasteiger partial charge in [-0.3, -0.25) is 67.7 Å². The molecule has 6 aliphatic rings. The van der Waals surface area contributed by atoms with Crippen LogP contribution in [0.4, 0.5) is 57.0 Å². The van der Waals surface area contributed by atoms with E-state index < -0.39 is 197 Å². The van der Waals surface area contributed by atoms with E-state index in [9.17, 15) is 97.4 Å². The number of amides is 4. The molecule has 15 atom stereocenters. The first-order valence-corrected chi connectivity index (χ1v) is 44.3. The van der Waals surface area contributed by atoms with E-state index in [1.54, 1.807) is 0 Å². The normalized spacial score (nSPS) is 24.4. The number of esters is 6. The summed E-state index contributed by atoms with van der Waals surface area (Å²) in [6.07, 6.45) is -16.1. The smallest absolute Gasteiger partial charge is 0.434 e. The van der Waals surface area contributed by atoms with Crippen molar-refractivity contribution in [1.82, 2.24) is 51.2 Å². The van der Waals surface area contributed by atoms with E-state index in [0.29, 0.717) is 95.6 Å². The molecule has 9 rings (SSSR count). The molecule has 760 valence electrons. The predicted octanol–water partition coefficient (Wildman–Crippen LogP) is 5.23. The molecule has 4 amide bonds. The fourth-order valence-corrected chi connectivity index (χ4v) is 15.7. The van der Waals surface area contributed by atoms with E-state index in [2.05, 4.69) is 67.1 Å². The molecule has 0 saturated carbocycles. The third-order valence-electron chi connectivity index (χ3n) is 21.8. The fraction of sp³-hybridized carbons (Fsp3) is 0.726. The molecule has 136 heavy (non-hydrogen) atoms. The molecule has 43 nitrogen and oxygen atoms in total. The van der Waals surface area contributed by atoms with Crippen molar-refractivity contribution in [2.45, 2.75) is 272 Å². The second-order valence-corrected chi connectivity index (χ2v) is 33.2. The molecule has 0 radical (unpaired) electrons. The number of halogens is 9. The topological polar surface area (TPSA) is 536 Å². The standard InChI is InChI=1S/C84H116F9N13O30/c1-49(107)128-69-66(103-58-37-94-34-55(100-58)82(85,86)87)75-125-46-79(134-75,72(69)131-52(4)110)43-119-28-16-10-7-13-25-97-61(113)22-31-122-40-78(106-64(116)20-19-21-65(117)118,41-123-32-23-62(114)98-26-14-8-11-17-29-120-44-80-47-126-76(135-80)67(70(129-50(2)108)73(80)132-53(5)111)104-59-38-95-35-56(101-59)83(88,89)90)42-124-33-24-63(115)99-27-15-9-12-18-30-121-45-81-48-127-77(136-81)68(71(130-51(3)109)74(81)133-54(6)112)105-60-39-96-36-57(102-60)84(91,92)93/h34-39,66-77H,7-33,40-48H2,1-6H3,(H,97,113)(H,98,114)(H,99,115)(H,100,103)(H,101,104)(H,102,105)(H,106,116)(H,117,118)/t66-,67-,68-,69-,70-,71-,72-,73-,74-,75+,76+,77+,79+,80+,81+/m1/s1. The van der Waals surface area contributed by atoms with E-state index in [-0.39, 0.29) is 175 Å². The molecule has 6 aliphatic heterocycles. The molecule has 9 heterocycles. The molecule has 0 aliphatic carbocycles. The van der Waals surface area contributed by atoms with Gasteiger partial charge in [0.2, 0.25) is 23.6 Å². The second-order valence-electron chi connectivity index (χ2n) is 33.2. The first-order chi connectivity index (χ1) is 64.6. The van der Waals surface area contributed by atoms with Gasteiger partial charge in [-0.15, -0.1) is 0 Å². The number of ether oxygens (including phenoxy) is 18. The Morgan fingerprint density at radius 3 is 0.919 bits per heavy atom. The van der Waals surface area contributed by atoms with Crippen LogP contribution < -0.4 is 37.2 Å². The summed E-state index contributed by atoms with van der Waals surface area (Å²) in [5.41, 5.74) is -10.0. The Morgan fingerprint density at radius 2 is 0.647 bits per heavy atom. The number of carbonyl (C=O) groups excluding carboxylic acids is 10. The highest BCUT2D eigenvalue weighted by Crippen LogP contribution is 2.46. The lowest BCUT2D eigenvalue weighted by molar-refractivity contribution is -0.244. The number of hydrogen-bond acceptors (Lipinski definition) is 38. The zero-order chi connectivity index (χ0) is 98.9. The zero-order valence-electron chi connectivity index (χ0n) is 75.7. The second kappa shape index (κ2) is 51.9. The maximum atomic E-state index is 13.7. The highest BCUT2D eigenvalue weighted by Gasteiger charge is 2.67. The first-order valence-electron chi connectivity index (χ1n) is 44.3. The number of carboxylic acid groups (broad SMARTS) is 1. The minimum absolute atomic E-state index is 0.0633. The van der Waals surface area contributed by atoms with Crippen LogP contribution in [0.3, 0.4) is 0 Å². The summed E-state index contributed by atoms with van der Waals surface area (Å²) in [7, 11) is 0. The van der Waals surface area contributed by atoms with E-state index in [1.165, 1.54) is 0 Å². The van der Waals surface area contributed by atoms with Crippen LogP contribution in [0.15, 0.2) is 37.2 Å². The van der Waals surface area contributed by atoms with Gasteiger partial charge in [0, 0.05) is 113 Å². The Kier molecular flexibility index (Phi) is 41.7. The first kappa shape index (κ1) is 109. The van der Waals surface area contributed by atoms with Gasteiger partial charge < -0.3 is 128 Å². The Hall–Kier alpha value is -10.3. The lowest BCUT2D eigenvalue weighted by Gasteiger charge is -2.45. The van der Waals surface area contributed by atoms with Gasteiger partial charge in [0.25, 0.3) is 0 Å². The number of carbonyl (C=O) groups is 11. The number of unbranched alkanes of at least 4 members (excludes halogenated alkanes) is 9. The van der Waals surface area contributed by atoms with Gasteiger partial charge in [-0.05, 0) is 44.9 Å². The molecular formula is C84H116F9N13O30. The molecule has 0 spiro atoms. The molecule has 0 unspecified atom stereocenters. The zero-order valence-corrected chi connectivity index (χ0v) is 75.7. The molecule has 6 bridgehead atoms. The summed E-state index contributed by atoms with van der Waals surface area (Å²) in [6, 6.07) is -3.69. The van der Waals surface area contributed by atoms with Crippen molar-refractivity contribution < 1.29 is 183 Å². The van der Waals surface area contributed by atoms with Crippen LogP contribution in [-0.2, 0) is 157 Å². The van der Waals surface area contributed by atoms with Crippen LogP contribution >= 0.6 is 0 Å². The summed E-state index contributed by atoms with van der Waals surface area (Å²) in [6.45, 7) is 4.88. The number of aliphatic carboxylic acids is 1.